The molecule has 2 aromatic rings. The average Bonchev–Trinajstić information content (AvgIpc) is 3.02. The summed E-state index contributed by atoms with van der Waals surface area (Å²) >= 11 is 0. The quantitative estimate of drug-likeness (QED) is 0.853. The molecular formula is C16H14F2N2O2. The Morgan fingerprint density at radius 1 is 1.27 bits per heavy atom. The maximum Gasteiger partial charge on any atom is 0.267 e. The fourth-order valence-electron chi connectivity index (χ4n) is 2.48. The summed E-state index contributed by atoms with van der Waals surface area (Å²) in [4.78, 5) is 26.0. The molecule has 1 amide bonds. The maximum atomic E-state index is 13.7. The van der Waals surface area contributed by atoms with Crippen LogP contribution in [0.1, 0.15) is 45.7 Å². The standard InChI is InChI=1S/C16H14F2N2O2/c1-8(21)9-4-15(19-7-9)16(22)20-14-6-12(14)11-3-2-10(17)5-13(11)18/h2-5,7,12,14,19H,6H2,1H3,(H,20,22)/t12-,14+/m0/s1. The van der Waals surface area contributed by atoms with E-state index in [9.17, 15) is 18.4 Å². The first-order chi connectivity index (χ1) is 10.5. The van der Waals surface area contributed by atoms with Crippen LogP contribution >= 0.6 is 0 Å². The molecule has 1 aromatic carbocycles. The molecule has 1 fully saturated rings. The van der Waals surface area contributed by atoms with Crippen molar-refractivity contribution in [1.82, 2.24) is 10.3 Å². The van der Waals surface area contributed by atoms with Gasteiger partial charge in [-0.25, -0.2) is 8.78 Å². The van der Waals surface area contributed by atoms with Crippen molar-refractivity contribution in [3.8, 4) is 0 Å². The van der Waals surface area contributed by atoms with Crippen LogP contribution in [0.4, 0.5) is 8.78 Å². The fraction of sp³-hybridized carbons (Fsp3) is 0.250. The van der Waals surface area contributed by atoms with E-state index in [1.54, 1.807) is 0 Å². The average molecular weight is 304 g/mol. The predicted molar refractivity (Wildman–Crippen MR) is 75.8 cm³/mol. The van der Waals surface area contributed by atoms with Gasteiger partial charge in [-0.2, -0.15) is 0 Å². The molecule has 0 spiro atoms. The number of carbonyl (C=O) groups is 2. The van der Waals surface area contributed by atoms with Crippen molar-refractivity contribution >= 4 is 11.7 Å². The first-order valence-electron chi connectivity index (χ1n) is 6.91. The molecule has 1 aromatic heterocycles. The van der Waals surface area contributed by atoms with Gasteiger partial charge in [-0.15, -0.1) is 0 Å². The molecule has 1 saturated carbocycles. The molecule has 1 aliphatic rings. The van der Waals surface area contributed by atoms with Gasteiger partial charge in [0.15, 0.2) is 5.78 Å². The minimum Gasteiger partial charge on any atom is -0.356 e. The van der Waals surface area contributed by atoms with Gasteiger partial charge < -0.3 is 10.3 Å². The first kappa shape index (κ1) is 14.4. The number of H-pyrrole nitrogens is 1. The van der Waals surface area contributed by atoms with Crippen LogP contribution in [0.3, 0.4) is 0 Å². The van der Waals surface area contributed by atoms with Crippen molar-refractivity contribution in [3.63, 3.8) is 0 Å². The Morgan fingerprint density at radius 3 is 2.68 bits per heavy atom. The molecule has 1 aliphatic carbocycles. The van der Waals surface area contributed by atoms with E-state index in [2.05, 4.69) is 10.3 Å². The summed E-state index contributed by atoms with van der Waals surface area (Å²) in [6, 6.07) is 4.75. The van der Waals surface area contributed by atoms with Crippen LogP contribution in [0.25, 0.3) is 0 Å². The van der Waals surface area contributed by atoms with E-state index in [0.29, 0.717) is 17.5 Å². The molecule has 0 bridgehead atoms. The van der Waals surface area contributed by atoms with Crippen molar-refractivity contribution < 1.29 is 18.4 Å². The van der Waals surface area contributed by atoms with Crippen molar-refractivity contribution in [2.75, 3.05) is 0 Å². The number of hydrogen-bond donors (Lipinski definition) is 2. The maximum absolute atomic E-state index is 13.7. The summed E-state index contributed by atoms with van der Waals surface area (Å²) in [6.07, 6.45) is 2.08. The van der Waals surface area contributed by atoms with Gasteiger partial charge in [-0.05, 0) is 31.0 Å². The third-order valence-corrected chi connectivity index (χ3v) is 3.80. The SMILES string of the molecule is CC(=O)c1c[nH]c(C(=O)N[C@@H]2C[C@H]2c2ccc(F)cc2F)c1. The van der Waals surface area contributed by atoms with Crippen molar-refractivity contribution in [2.45, 2.75) is 25.3 Å². The number of carbonyl (C=O) groups excluding carboxylic acids is 2. The summed E-state index contributed by atoms with van der Waals surface area (Å²) in [7, 11) is 0. The Bertz CT molecular complexity index is 754. The molecular weight excluding hydrogens is 290 g/mol. The zero-order valence-electron chi connectivity index (χ0n) is 11.8. The lowest BCUT2D eigenvalue weighted by molar-refractivity contribution is 0.0945. The van der Waals surface area contributed by atoms with E-state index in [4.69, 9.17) is 0 Å². The number of rotatable bonds is 4. The summed E-state index contributed by atoms with van der Waals surface area (Å²) in [5.41, 5.74) is 1.13. The van der Waals surface area contributed by atoms with Crippen LogP contribution in [0.2, 0.25) is 0 Å². The minimum absolute atomic E-state index is 0.131. The number of halogens is 2. The smallest absolute Gasteiger partial charge is 0.267 e. The van der Waals surface area contributed by atoms with Crippen LogP contribution in [-0.4, -0.2) is 22.7 Å². The number of aromatic amines is 1. The molecule has 114 valence electrons. The number of nitrogens with one attached hydrogen (secondary N) is 2. The monoisotopic (exact) mass is 304 g/mol. The molecule has 0 saturated heterocycles. The summed E-state index contributed by atoms with van der Waals surface area (Å²) in [5, 5.41) is 2.77. The topological polar surface area (TPSA) is 62.0 Å². The normalized spacial score (nSPS) is 19.8. The molecule has 2 N–H and O–H groups in total. The van der Waals surface area contributed by atoms with Gasteiger partial charge >= 0.3 is 0 Å². The highest BCUT2D eigenvalue weighted by Crippen LogP contribution is 2.42. The lowest BCUT2D eigenvalue weighted by Gasteiger charge is -2.04. The van der Waals surface area contributed by atoms with E-state index < -0.39 is 11.6 Å². The number of hydrogen-bond acceptors (Lipinski definition) is 2. The Labute approximate surface area is 125 Å². The van der Waals surface area contributed by atoms with E-state index >= 15 is 0 Å². The highest BCUT2D eigenvalue weighted by molar-refractivity contribution is 5.99. The lowest BCUT2D eigenvalue weighted by atomic mass is 10.1. The second-order valence-corrected chi connectivity index (χ2v) is 5.45. The van der Waals surface area contributed by atoms with Gasteiger partial charge in [0.1, 0.15) is 17.3 Å². The number of amides is 1. The summed E-state index contributed by atoms with van der Waals surface area (Å²) in [5.74, 6) is -1.84. The van der Waals surface area contributed by atoms with Crippen molar-refractivity contribution in [1.29, 1.82) is 0 Å². The fourth-order valence-corrected chi connectivity index (χ4v) is 2.48. The molecule has 1 heterocycles. The molecule has 4 nitrogen and oxygen atoms in total. The van der Waals surface area contributed by atoms with E-state index in [1.165, 1.54) is 31.3 Å². The molecule has 0 aliphatic heterocycles. The molecule has 0 radical (unpaired) electrons. The molecule has 22 heavy (non-hydrogen) atoms. The lowest BCUT2D eigenvalue weighted by Crippen LogP contribution is -2.26. The summed E-state index contributed by atoms with van der Waals surface area (Å²) < 4.78 is 26.6. The van der Waals surface area contributed by atoms with Crippen LogP contribution in [0.5, 0.6) is 0 Å². The zero-order valence-corrected chi connectivity index (χ0v) is 11.8. The molecule has 3 rings (SSSR count). The number of ketones is 1. The highest BCUT2D eigenvalue weighted by atomic mass is 19.1. The Kier molecular flexibility index (Phi) is 3.52. The molecule has 2 atom stereocenters. The largest absolute Gasteiger partial charge is 0.356 e. The second kappa shape index (κ2) is 5.36. The van der Waals surface area contributed by atoms with E-state index in [1.807, 2.05) is 0 Å². The zero-order chi connectivity index (χ0) is 15.9. The number of aromatic nitrogens is 1. The van der Waals surface area contributed by atoms with Gasteiger partial charge in [0.2, 0.25) is 0 Å². The Hall–Kier alpha value is -2.50. The van der Waals surface area contributed by atoms with Gasteiger partial charge in [0.05, 0.1) is 0 Å². The molecule has 0 unspecified atom stereocenters. The summed E-state index contributed by atoms with van der Waals surface area (Å²) in [6.45, 7) is 1.42. The van der Waals surface area contributed by atoms with Crippen LogP contribution in [0.15, 0.2) is 30.5 Å². The van der Waals surface area contributed by atoms with Gasteiger partial charge in [-0.3, -0.25) is 9.59 Å². The van der Waals surface area contributed by atoms with Crippen LogP contribution < -0.4 is 5.32 Å². The van der Waals surface area contributed by atoms with Crippen LogP contribution in [-0.2, 0) is 0 Å². The third-order valence-electron chi connectivity index (χ3n) is 3.80. The Morgan fingerprint density at radius 2 is 2.05 bits per heavy atom. The first-order valence-corrected chi connectivity index (χ1v) is 6.91. The number of Topliss-reactive ketones (excluding diaryl/α,β-unsaturated/α-hetero) is 1. The highest BCUT2D eigenvalue weighted by Gasteiger charge is 2.41. The number of benzene rings is 1. The van der Waals surface area contributed by atoms with Gasteiger partial charge in [0.25, 0.3) is 5.91 Å². The van der Waals surface area contributed by atoms with Gasteiger partial charge in [0, 0.05) is 29.8 Å². The van der Waals surface area contributed by atoms with Crippen LogP contribution in [0, 0.1) is 11.6 Å². The third kappa shape index (κ3) is 2.77. The van der Waals surface area contributed by atoms with Gasteiger partial charge in [-0.1, -0.05) is 6.07 Å². The Balaban J connectivity index is 1.65. The van der Waals surface area contributed by atoms with Crippen molar-refractivity contribution in [3.05, 3.63) is 58.9 Å². The van der Waals surface area contributed by atoms with E-state index in [-0.39, 0.29) is 29.3 Å². The van der Waals surface area contributed by atoms with E-state index in [0.717, 1.165) is 6.07 Å². The second-order valence-electron chi connectivity index (χ2n) is 5.45. The molecule has 6 heteroatoms. The van der Waals surface area contributed by atoms with Crippen molar-refractivity contribution in [2.24, 2.45) is 0 Å². The predicted octanol–water partition coefficient (Wildman–Crippen LogP) is 2.78. The minimum atomic E-state index is -0.620.